The van der Waals surface area contributed by atoms with E-state index in [1.807, 2.05) is 11.8 Å². The first kappa shape index (κ1) is 23.0. The Balaban J connectivity index is 1.34. The predicted molar refractivity (Wildman–Crippen MR) is 123 cm³/mol. The fraction of sp³-hybridized carbons (Fsp3) is 0.391. The molecule has 1 unspecified atom stereocenters. The number of piperazine rings is 1. The van der Waals surface area contributed by atoms with Crippen molar-refractivity contribution in [3.8, 4) is 0 Å². The quantitative estimate of drug-likeness (QED) is 0.549. The summed E-state index contributed by atoms with van der Waals surface area (Å²) in [4.78, 5) is 32.4. The predicted octanol–water partition coefficient (Wildman–Crippen LogP) is 3.31. The first-order valence-electron chi connectivity index (χ1n) is 11.5. The number of amides is 2. The van der Waals surface area contributed by atoms with Crippen LogP contribution in [0.25, 0.3) is 5.65 Å². The summed E-state index contributed by atoms with van der Waals surface area (Å²) >= 11 is 0. The topological polar surface area (TPSA) is 104 Å². The molecule has 184 valence electrons. The third-order valence-corrected chi connectivity index (χ3v) is 6.36. The molecule has 4 heterocycles. The molecule has 2 N–H and O–H groups in total. The fourth-order valence-electron chi connectivity index (χ4n) is 4.62. The van der Waals surface area contributed by atoms with Crippen LogP contribution in [0.2, 0.25) is 0 Å². The Labute approximate surface area is 199 Å². The van der Waals surface area contributed by atoms with E-state index in [2.05, 4.69) is 20.7 Å². The molecule has 3 aromatic rings. The Morgan fingerprint density at radius 3 is 2.89 bits per heavy atom. The summed E-state index contributed by atoms with van der Waals surface area (Å²) < 4.78 is 34.6. The van der Waals surface area contributed by atoms with Crippen LogP contribution in [0.1, 0.15) is 31.4 Å². The third kappa shape index (κ3) is 4.61. The highest BCUT2D eigenvalue weighted by molar-refractivity contribution is 5.92. The zero-order chi connectivity index (χ0) is 24.5. The van der Waals surface area contributed by atoms with E-state index < -0.39 is 23.8 Å². The summed E-state index contributed by atoms with van der Waals surface area (Å²) in [7, 11) is 0. The van der Waals surface area contributed by atoms with E-state index >= 15 is 0 Å². The fourth-order valence-corrected chi connectivity index (χ4v) is 4.62. The van der Waals surface area contributed by atoms with E-state index in [1.54, 1.807) is 12.1 Å². The molecule has 0 saturated carbocycles. The van der Waals surface area contributed by atoms with Crippen LogP contribution >= 0.6 is 0 Å². The second-order valence-corrected chi connectivity index (χ2v) is 8.65. The van der Waals surface area contributed by atoms with Crippen LogP contribution in [-0.4, -0.2) is 63.9 Å². The van der Waals surface area contributed by atoms with Gasteiger partial charge in [-0.15, -0.1) is 5.10 Å². The van der Waals surface area contributed by atoms with Gasteiger partial charge in [0.15, 0.2) is 11.5 Å². The second kappa shape index (κ2) is 9.45. The van der Waals surface area contributed by atoms with E-state index in [1.165, 1.54) is 21.7 Å². The van der Waals surface area contributed by atoms with Crippen molar-refractivity contribution in [2.45, 2.75) is 31.8 Å². The monoisotopic (exact) mass is 485 g/mol. The number of aromatic nitrogens is 3. The van der Waals surface area contributed by atoms with Crippen LogP contribution < -0.4 is 15.5 Å². The molecule has 1 aromatic carbocycles. The number of benzene rings is 1. The number of carbonyl (C=O) groups is 2. The average molecular weight is 485 g/mol. The summed E-state index contributed by atoms with van der Waals surface area (Å²) in [5.74, 6) is -0.244. The highest BCUT2D eigenvalue weighted by Gasteiger charge is 2.30. The summed E-state index contributed by atoms with van der Waals surface area (Å²) in [5, 5.41) is 10.2. The molecule has 2 aliphatic rings. The minimum Gasteiger partial charge on any atom is -0.359 e. The maximum absolute atomic E-state index is 14.5. The van der Waals surface area contributed by atoms with E-state index in [9.17, 15) is 18.4 Å². The smallest absolute Gasteiger partial charge is 0.359 e. The highest BCUT2D eigenvalue weighted by atomic mass is 19.1. The molecular formula is C23H25F2N7O3. The van der Waals surface area contributed by atoms with Crippen LogP contribution in [0.15, 0.2) is 36.5 Å². The van der Waals surface area contributed by atoms with Gasteiger partial charge in [0.25, 0.3) is 0 Å². The van der Waals surface area contributed by atoms with Crippen LogP contribution in [-0.2, 0) is 4.74 Å². The molecule has 2 saturated heterocycles. The number of hydrogen-bond donors (Lipinski definition) is 2. The summed E-state index contributed by atoms with van der Waals surface area (Å²) in [6.07, 6.45) is 1.16. The average Bonchev–Trinajstić information content (AvgIpc) is 3.48. The van der Waals surface area contributed by atoms with Gasteiger partial charge >= 0.3 is 12.2 Å². The zero-order valence-electron chi connectivity index (χ0n) is 19.1. The Hall–Kier alpha value is -3.80. The van der Waals surface area contributed by atoms with Gasteiger partial charge in [-0.25, -0.2) is 23.4 Å². The van der Waals surface area contributed by atoms with Gasteiger partial charge in [0, 0.05) is 37.8 Å². The van der Waals surface area contributed by atoms with E-state index in [0.717, 1.165) is 18.6 Å². The molecule has 0 radical (unpaired) electrons. The van der Waals surface area contributed by atoms with Crippen molar-refractivity contribution in [2.24, 2.45) is 0 Å². The summed E-state index contributed by atoms with van der Waals surface area (Å²) in [6.45, 7) is 4.15. The van der Waals surface area contributed by atoms with Crippen molar-refractivity contribution < 1.29 is 23.1 Å². The molecular weight excluding hydrogens is 460 g/mol. The first-order chi connectivity index (χ1) is 16.9. The molecule has 10 nitrogen and oxygen atoms in total. The van der Waals surface area contributed by atoms with Crippen molar-refractivity contribution in [2.75, 3.05) is 36.4 Å². The van der Waals surface area contributed by atoms with E-state index in [-0.39, 0.29) is 23.5 Å². The van der Waals surface area contributed by atoms with E-state index in [0.29, 0.717) is 44.1 Å². The maximum Gasteiger partial charge on any atom is 0.421 e. The number of carbonyl (C=O) groups excluding carboxylic acids is 2. The third-order valence-electron chi connectivity index (χ3n) is 6.36. The van der Waals surface area contributed by atoms with Crippen LogP contribution in [0.3, 0.4) is 0 Å². The lowest BCUT2D eigenvalue weighted by atomic mass is 10.0. The number of nitrogens with one attached hydrogen (secondary N) is 2. The van der Waals surface area contributed by atoms with Gasteiger partial charge in [-0.2, -0.15) is 4.52 Å². The molecule has 0 aliphatic carbocycles. The molecule has 0 bridgehead atoms. The molecule has 2 aromatic heterocycles. The van der Waals surface area contributed by atoms with Gasteiger partial charge in [0.2, 0.25) is 0 Å². The Bertz CT molecular complexity index is 1270. The van der Waals surface area contributed by atoms with Crippen molar-refractivity contribution >= 4 is 29.5 Å². The number of rotatable bonds is 3. The Morgan fingerprint density at radius 1 is 1.20 bits per heavy atom. The lowest BCUT2D eigenvalue weighted by Gasteiger charge is -2.32. The standard InChI is InChI=1S/C23H25F2N7O3/c1-14-12-26-8-10-30(14)23(34)35-22(33)28-21-13-27-19-6-7-20(29-32(19)21)31-9-2-3-18(31)16-11-15(24)4-5-17(16)25/h4-7,11,13-14,18,26H,2-3,8-10,12H2,1H3,(H,28,33)/t14?,18-/m1/s1. The molecule has 5 rings (SSSR count). The lowest BCUT2D eigenvalue weighted by Crippen LogP contribution is -2.52. The second-order valence-electron chi connectivity index (χ2n) is 8.65. The maximum atomic E-state index is 14.5. The number of imidazole rings is 1. The molecule has 0 spiro atoms. The van der Waals surface area contributed by atoms with Crippen molar-refractivity contribution in [3.05, 3.63) is 53.7 Å². The SMILES string of the molecule is CC1CNCCN1C(=O)OC(=O)Nc1cnc2ccc(N3CCC[C@@H]3c3cc(F)ccc3F)nn12. The molecule has 2 fully saturated rings. The number of halogens is 2. The van der Waals surface area contributed by atoms with Gasteiger partial charge in [0.1, 0.15) is 17.5 Å². The minimum absolute atomic E-state index is 0.0968. The van der Waals surface area contributed by atoms with Gasteiger partial charge in [-0.3, -0.25) is 5.32 Å². The molecule has 2 aliphatic heterocycles. The number of ether oxygens (including phenoxy) is 1. The number of hydrogen-bond acceptors (Lipinski definition) is 7. The normalized spacial score (nSPS) is 20.3. The van der Waals surface area contributed by atoms with Crippen LogP contribution in [0.4, 0.5) is 30.0 Å². The van der Waals surface area contributed by atoms with Crippen LogP contribution in [0, 0.1) is 11.6 Å². The van der Waals surface area contributed by atoms with Crippen molar-refractivity contribution in [1.82, 2.24) is 24.8 Å². The van der Waals surface area contributed by atoms with E-state index in [4.69, 9.17) is 4.74 Å². The largest absolute Gasteiger partial charge is 0.421 e. The molecule has 35 heavy (non-hydrogen) atoms. The van der Waals surface area contributed by atoms with Gasteiger partial charge in [-0.1, -0.05) is 0 Å². The first-order valence-corrected chi connectivity index (χ1v) is 11.5. The van der Waals surface area contributed by atoms with Gasteiger partial charge in [0.05, 0.1) is 12.2 Å². The molecule has 12 heteroatoms. The minimum atomic E-state index is -0.949. The summed E-state index contributed by atoms with van der Waals surface area (Å²) in [6, 6.07) is 6.42. The number of anilines is 2. The summed E-state index contributed by atoms with van der Waals surface area (Å²) in [5.41, 5.74) is 0.733. The Kier molecular flexibility index (Phi) is 6.20. The zero-order valence-corrected chi connectivity index (χ0v) is 19.1. The molecule has 2 amide bonds. The number of fused-ring (bicyclic) bond motifs is 1. The molecule has 2 atom stereocenters. The van der Waals surface area contributed by atoms with Crippen LogP contribution in [0.5, 0.6) is 0 Å². The number of nitrogens with zero attached hydrogens (tertiary/aromatic N) is 5. The van der Waals surface area contributed by atoms with Crippen molar-refractivity contribution in [1.29, 1.82) is 0 Å². The Morgan fingerprint density at radius 2 is 2.06 bits per heavy atom. The lowest BCUT2D eigenvalue weighted by molar-refractivity contribution is 0.103. The van der Waals surface area contributed by atoms with Crippen molar-refractivity contribution in [3.63, 3.8) is 0 Å². The van der Waals surface area contributed by atoms with Gasteiger partial charge < -0.3 is 19.9 Å². The highest BCUT2D eigenvalue weighted by Crippen LogP contribution is 2.36. The van der Waals surface area contributed by atoms with Gasteiger partial charge in [-0.05, 0) is 50.1 Å².